The van der Waals surface area contributed by atoms with Gasteiger partial charge in [-0.15, -0.1) is 5.10 Å². The fourth-order valence-electron chi connectivity index (χ4n) is 5.35. The average Bonchev–Trinajstić information content (AvgIpc) is 3.47. The molecule has 2 saturated carbocycles. The highest BCUT2D eigenvalue weighted by Crippen LogP contribution is 2.51. The van der Waals surface area contributed by atoms with Gasteiger partial charge in [0.05, 0.1) is 11.1 Å². The molecule has 0 aliphatic heterocycles. The molecule has 2 aliphatic rings. The molecule has 33 heavy (non-hydrogen) atoms. The molecule has 2 fully saturated rings. The number of fused-ring (bicyclic) bond motifs is 4. The van der Waals surface area contributed by atoms with E-state index in [4.69, 9.17) is 4.74 Å². The summed E-state index contributed by atoms with van der Waals surface area (Å²) in [6, 6.07) is 11.6. The molecule has 0 saturated heterocycles. The van der Waals surface area contributed by atoms with Gasteiger partial charge in [-0.2, -0.15) is 4.98 Å². The number of pyridine rings is 1. The summed E-state index contributed by atoms with van der Waals surface area (Å²) >= 11 is 0. The van der Waals surface area contributed by atoms with Crippen LogP contribution in [0.25, 0.3) is 27.5 Å². The molecule has 6 rings (SSSR count). The Morgan fingerprint density at radius 2 is 2.00 bits per heavy atom. The van der Waals surface area contributed by atoms with Crippen molar-refractivity contribution >= 4 is 22.4 Å². The summed E-state index contributed by atoms with van der Waals surface area (Å²) < 4.78 is 33.1. The maximum absolute atomic E-state index is 13.0. The third kappa shape index (κ3) is 3.56. The van der Waals surface area contributed by atoms with Crippen LogP contribution in [-0.4, -0.2) is 48.9 Å². The van der Waals surface area contributed by atoms with Gasteiger partial charge in [-0.1, -0.05) is 12.1 Å². The first kappa shape index (κ1) is 20.3. The average molecular weight is 451 g/mol. The number of ether oxygens (including phenoxy) is 1. The van der Waals surface area contributed by atoms with E-state index in [1.54, 1.807) is 16.9 Å². The zero-order valence-electron chi connectivity index (χ0n) is 17.8. The Balaban J connectivity index is 1.43. The molecule has 4 aromatic rings. The van der Waals surface area contributed by atoms with E-state index in [0.29, 0.717) is 17.9 Å². The number of nitrogens with zero attached hydrogens (tertiary/aromatic N) is 4. The standard InChI is InChI=1S/C24H23F2N5O2/c25-19(26)13-33-21-20-17(15-3-4-18-16(12-15)2-1-10-27-18)5-11-31(20)30-22(28-21)29-23-6-8-24(32,14-23)9-7-23/h1-5,10-12,19,32H,6-9,13-14H2,(H,29,30). The van der Waals surface area contributed by atoms with Crippen molar-refractivity contribution in [1.82, 2.24) is 19.6 Å². The Morgan fingerprint density at radius 3 is 2.76 bits per heavy atom. The van der Waals surface area contributed by atoms with Crippen molar-refractivity contribution in [3.05, 3.63) is 48.8 Å². The first-order valence-corrected chi connectivity index (χ1v) is 11.1. The van der Waals surface area contributed by atoms with Crippen molar-refractivity contribution in [2.75, 3.05) is 11.9 Å². The van der Waals surface area contributed by atoms with E-state index in [0.717, 1.165) is 47.7 Å². The Kier molecular flexibility index (Phi) is 4.52. The number of anilines is 1. The smallest absolute Gasteiger partial charge is 0.272 e. The third-order valence-electron chi connectivity index (χ3n) is 6.92. The number of alkyl halides is 2. The predicted molar refractivity (Wildman–Crippen MR) is 120 cm³/mol. The van der Waals surface area contributed by atoms with Crippen molar-refractivity contribution in [3.8, 4) is 17.0 Å². The SMILES string of the molecule is OC12CCC(Nc3nc(OCC(F)F)c4c(-c5ccc6ncccc6c5)ccn4n3)(CC1)C2. The second kappa shape index (κ2) is 7.34. The Bertz CT molecular complexity index is 1350. The van der Waals surface area contributed by atoms with Gasteiger partial charge in [-0.25, -0.2) is 13.3 Å². The number of aromatic nitrogens is 4. The zero-order chi connectivity index (χ0) is 22.6. The van der Waals surface area contributed by atoms with E-state index in [-0.39, 0.29) is 11.4 Å². The molecular formula is C24H23F2N5O2. The van der Waals surface area contributed by atoms with Crippen molar-refractivity contribution in [1.29, 1.82) is 0 Å². The molecule has 9 heteroatoms. The van der Waals surface area contributed by atoms with Crippen molar-refractivity contribution in [2.45, 2.75) is 49.7 Å². The van der Waals surface area contributed by atoms with Crippen molar-refractivity contribution in [2.24, 2.45) is 0 Å². The summed E-state index contributed by atoms with van der Waals surface area (Å²) in [7, 11) is 0. The lowest BCUT2D eigenvalue weighted by Gasteiger charge is -2.27. The van der Waals surface area contributed by atoms with Gasteiger partial charge >= 0.3 is 0 Å². The lowest BCUT2D eigenvalue weighted by atomic mass is 9.93. The first-order valence-electron chi connectivity index (χ1n) is 11.1. The van der Waals surface area contributed by atoms with E-state index < -0.39 is 18.6 Å². The number of halogens is 2. The van der Waals surface area contributed by atoms with Crippen LogP contribution in [0.4, 0.5) is 14.7 Å². The van der Waals surface area contributed by atoms with Crippen LogP contribution in [0, 0.1) is 0 Å². The van der Waals surface area contributed by atoms with E-state index >= 15 is 0 Å². The van der Waals surface area contributed by atoms with Crippen LogP contribution in [0.2, 0.25) is 0 Å². The minimum atomic E-state index is -2.63. The highest BCUT2D eigenvalue weighted by Gasteiger charge is 2.53. The largest absolute Gasteiger partial charge is 0.470 e. The van der Waals surface area contributed by atoms with Crippen LogP contribution in [0.5, 0.6) is 5.88 Å². The first-order chi connectivity index (χ1) is 15.9. The molecule has 3 heterocycles. The molecule has 0 radical (unpaired) electrons. The highest BCUT2D eigenvalue weighted by atomic mass is 19.3. The highest BCUT2D eigenvalue weighted by molar-refractivity contribution is 5.90. The van der Waals surface area contributed by atoms with Crippen LogP contribution in [-0.2, 0) is 0 Å². The Morgan fingerprint density at radius 1 is 1.15 bits per heavy atom. The van der Waals surface area contributed by atoms with Crippen LogP contribution in [0.1, 0.15) is 32.1 Å². The maximum Gasteiger partial charge on any atom is 0.272 e. The molecule has 2 N–H and O–H groups in total. The molecule has 0 atom stereocenters. The molecule has 0 amide bonds. The Labute approximate surface area is 188 Å². The number of hydrogen-bond acceptors (Lipinski definition) is 6. The number of aliphatic hydroxyl groups is 1. The predicted octanol–water partition coefficient (Wildman–Crippen LogP) is 4.45. The number of rotatable bonds is 6. The molecule has 0 spiro atoms. The van der Waals surface area contributed by atoms with Crippen molar-refractivity contribution in [3.63, 3.8) is 0 Å². The quantitative estimate of drug-likeness (QED) is 0.451. The third-order valence-corrected chi connectivity index (χ3v) is 6.92. The van der Waals surface area contributed by atoms with E-state index in [9.17, 15) is 13.9 Å². The molecule has 3 aromatic heterocycles. The van der Waals surface area contributed by atoms with Gasteiger partial charge in [0.15, 0.2) is 6.61 Å². The van der Waals surface area contributed by atoms with Crippen LogP contribution in [0.3, 0.4) is 0 Å². The topological polar surface area (TPSA) is 84.6 Å². The molecule has 2 bridgehead atoms. The number of benzene rings is 1. The van der Waals surface area contributed by atoms with E-state index in [2.05, 4.69) is 20.4 Å². The fraction of sp³-hybridized carbons (Fsp3) is 0.375. The Hall–Kier alpha value is -3.33. The number of hydrogen-bond donors (Lipinski definition) is 2. The second-order valence-corrected chi connectivity index (χ2v) is 9.18. The maximum atomic E-state index is 13.0. The van der Waals surface area contributed by atoms with Gasteiger partial charge < -0.3 is 15.2 Å². The van der Waals surface area contributed by atoms with Crippen LogP contribution >= 0.6 is 0 Å². The van der Waals surface area contributed by atoms with Crippen molar-refractivity contribution < 1.29 is 18.6 Å². The monoisotopic (exact) mass is 451 g/mol. The van der Waals surface area contributed by atoms with Gasteiger partial charge in [-0.3, -0.25) is 4.98 Å². The normalized spacial score (nSPS) is 24.2. The minimum Gasteiger partial charge on any atom is -0.470 e. The van der Waals surface area contributed by atoms with Gasteiger partial charge in [0.25, 0.3) is 6.43 Å². The summed E-state index contributed by atoms with van der Waals surface area (Å²) in [5, 5.41) is 19.5. The van der Waals surface area contributed by atoms with Gasteiger partial charge in [0, 0.05) is 28.9 Å². The molecule has 2 aliphatic carbocycles. The fourth-order valence-corrected chi connectivity index (χ4v) is 5.35. The van der Waals surface area contributed by atoms with Gasteiger partial charge in [-0.05, 0) is 61.9 Å². The summed E-state index contributed by atoms with van der Waals surface area (Å²) in [6.07, 6.45) is 4.64. The summed E-state index contributed by atoms with van der Waals surface area (Å²) in [4.78, 5) is 8.85. The number of nitrogens with one attached hydrogen (secondary N) is 1. The zero-order valence-corrected chi connectivity index (χ0v) is 17.8. The van der Waals surface area contributed by atoms with E-state index in [1.165, 1.54) is 0 Å². The van der Waals surface area contributed by atoms with Crippen LogP contribution < -0.4 is 10.1 Å². The minimum absolute atomic E-state index is 0.0988. The van der Waals surface area contributed by atoms with Gasteiger partial charge in [0.2, 0.25) is 11.8 Å². The molecule has 0 unspecified atom stereocenters. The molecule has 170 valence electrons. The van der Waals surface area contributed by atoms with E-state index in [1.807, 2.05) is 36.4 Å². The summed E-state index contributed by atoms with van der Waals surface area (Å²) in [6.45, 7) is -0.761. The lowest BCUT2D eigenvalue weighted by molar-refractivity contribution is 0.0521. The molecule has 1 aromatic carbocycles. The molecule has 7 nitrogen and oxygen atoms in total. The lowest BCUT2D eigenvalue weighted by Crippen LogP contribution is -2.34. The molecular weight excluding hydrogens is 428 g/mol. The summed E-state index contributed by atoms with van der Waals surface area (Å²) in [5.74, 6) is 0.407. The van der Waals surface area contributed by atoms with Gasteiger partial charge in [0.1, 0.15) is 5.52 Å². The second-order valence-electron chi connectivity index (χ2n) is 9.18. The van der Waals surface area contributed by atoms with Crippen LogP contribution in [0.15, 0.2) is 48.8 Å². The summed E-state index contributed by atoms with van der Waals surface area (Å²) in [5.41, 5.74) is 2.16.